The molecule has 1 aliphatic heterocycles. The Bertz CT molecular complexity index is 656. The fourth-order valence-corrected chi connectivity index (χ4v) is 2.17. The first-order valence-corrected chi connectivity index (χ1v) is 6.14. The summed E-state index contributed by atoms with van der Waals surface area (Å²) < 4.78 is 0. The molecule has 0 aliphatic carbocycles. The maximum absolute atomic E-state index is 12.0. The zero-order chi connectivity index (χ0) is 14.9. The highest BCUT2D eigenvalue weighted by Gasteiger charge is 2.38. The predicted octanol–water partition coefficient (Wildman–Crippen LogP) is 0.582. The Morgan fingerprint density at radius 3 is 2.70 bits per heavy atom. The highest BCUT2D eigenvalue weighted by molar-refractivity contribution is 6.52. The van der Waals surface area contributed by atoms with E-state index >= 15 is 0 Å². The summed E-state index contributed by atoms with van der Waals surface area (Å²) >= 11 is 0. The molecule has 0 bridgehead atoms. The van der Waals surface area contributed by atoms with E-state index < -0.39 is 17.6 Å². The molecule has 2 amide bonds. The fraction of sp³-hybridized carbons (Fsp3) is 0.267. The number of amides is 2. The summed E-state index contributed by atoms with van der Waals surface area (Å²) in [5.74, 6) is 0.638. The van der Waals surface area contributed by atoms with Crippen LogP contribution in [0.25, 0.3) is 0 Å². The number of fused-ring (bicyclic) bond motifs is 1. The van der Waals surface area contributed by atoms with E-state index in [1.807, 2.05) is 13.8 Å². The smallest absolute Gasteiger partial charge is 0.299 e. The van der Waals surface area contributed by atoms with Gasteiger partial charge >= 0.3 is 0 Å². The molecule has 0 unspecified atom stereocenters. The van der Waals surface area contributed by atoms with Gasteiger partial charge in [0.15, 0.2) is 0 Å². The molecule has 0 spiro atoms. The highest BCUT2D eigenvalue weighted by atomic mass is 16.2. The lowest BCUT2D eigenvalue weighted by atomic mass is 10.0. The van der Waals surface area contributed by atoms with Crippen LogP contribution in [0.5, 0.6) is 0 Å². The minimum Gasteiger partial charge on any atom is -0.344 e. The summed E-state index contributed by atoms with van der Waals surface area (Å²) in [6.45, 7) is 3.60. The zero-order valence-corrected chi connectivity index (χ0v) is 11.3. The monoisotopic (exact) mass is 270 g/mol. The Kier molecular flexibility index (Phi) is 3.57. The van der Waals surface area contributed by atoms with Crippen molar-refractivity contribution in [2.45, 2.75) is 13.8 Å². The molecular formula is C15H14N2O3. The van der Waals surface area contributed by atoms with Crippen molar-refractivity contribution in [3.63, 3.8) is 0 Å². The van der Waals surface area contributed by atoms with Crippen LogP contribution >= 0.6 is 0 Å². The van der Waals surface area contributed by atoms with Crippen molar-refractivity contribution in [3.05, 3.63) is 28.8 Å². The van der Waals surface area contributed by atoms with Crippen molar-refractivity contribution < 1.29 is 14.4 Å². The second-order valence-corrected chi connectivity index (χ2v) is 4.60. The van der Waals surface area contributed by atoms with Crippen LogP contribution in [0.1, 0.15) is 21.5 Å². The zero-order valence-electron chi connectivity index (χ0n) is 11.3. The molecule has 1 aromatic carbocycles. The topological polar surface area (TPSA) is 66.5 Å². The second kappa shape index (κ2) is 5.17. The van der Waals surface area contributed by atoms with Crippen molar-refractivity contribution in [3.8, 4) is 12.3 Å². The standard InChI is InChI=1S/C15H14N2O3/c1-4-7-16-12(18)8-17-13-10(3)9(2)5-6-11(13)14(19)15(17)20/h1,5-6H,7-8H2,2-3H3,(H,16,18). The van der Waals surface area contributed by atoms with Crippen LogP contribution in [0, 0.1) is 26.2 Å². The average molecular weight is 270 g/mol. The third kappa shape index (κ3) is 2.16. The average Bonchev–Trinajstić information content (AvgIpc) is 2.66. The molecule has 1 aromatic rings. The summed E-state index contributed by atoms with van der Waals surface area (Å²) in [6.07, 6.45) is 5.06. The number of anilines is 1. The molecule has 0 radical (unpaired) electrons. The third-order valence-corrected chi connectivity index (χ3v) is 3.35. The SMILES string of the molecule is C#CCNC(=O)CN1C(=O)C(=O)c2ccc(C)c(C)c21. The minimum atomic E-state index is -0.676. The minimum absolute atomic E-state index is 0.0917. The van der Waals surface area contributed by atoms with Crippen molar-refractivity contribution in [2.75, 3.05) is 18.0 Å². The second-order valence-electron chi connectivity index (χ2n) is 4.60. The van der Waals surface area contributed by atoms with Gasteiger partial charge in [-0.05, 0) is 31.0 Å². The van der Waals surface area contributed by atoms with Crippen LogP contribution in [0.3, 0.4) is 0 Å². The number of terminal acetylenes is 1. The molecule has 1 aliphatic rings. The van der Waals surface area contributed by atoms with Crippen LogP contribution < -0.4 is 10.2 Å². The number of rotatable bonds is 3. The number of nitrogens with one attached hydrogen (secondary N) is 1. The molecule has 0 aromatic heterocycles. The van der Waals surface area contributed by atoms with Gasteiger partial charge in [-0.1, -0.05) is 12.0 Å². The van der Waals surface area contributed by atoms with E-state index in [2.05, 4.69) is 11.2 Å². The molecule has 5 heteroatoms. The molecule has 102 valence electrons. The van der Waals surface area contributed by atoms with E-state index in [4.69, 9.17) is 6.42 Å². The number of benzene rings is 1. The lowest BCUT2D eigenvalue weighted by Gasteiger charge is -2.18. The number of hydrogen-bond acceptors (Lipinski definition) is 3. The third-order valence-electron chi connectivity index (χ3n) is 3.35. The largest absolute Gasteiger partial charge is 0.344 e. The van der Waals surface area contributed by atoms with Gasteiger partial charge in [-0.25, -0.2) is 0 Å². The van der Waals surface area contributed by atoms with E-state index in [0.29, 0.717) is 11.3 Å². The van der Waals surface area contributed by atoms with Crippen molar-refractivity contribution >= 4 is 23.3 Å². The van der Waals surface area contributed by atoms with Crippen LogP contribution in [0.2, 0.25) is 0 Å². The van der Waals surface area contributed by atoms with Crippen LogP contribution in [-0.4, -0.2) is 30.7 Å². The summed E-state index contributed by atoms with van der Waals surface area (Å²) in [4.78, 5) is 36.8. The molecule has 0 saturated heterocycles. The van der Waals surface area contributed by atoms with Crippen LogP contribution in [0.15, 0.2) is 12.1 Å². The molecule has 0 saturated carbocycles. The summed E-state index contributed by atoms with van der Waals surface area (Å²) in [7, 11) is 0. The van der Waals surface area contributed by atoms with Gasteiger partial charge in [-0.2, -0.15) is 0 Å². The van der Waals surface area contributed by atoms with E-state index in [9.17, 15) is 14.4 Å². The number of aryl methyl sites for hydroxylation is 1. The van der Waals surface area contributed by atoms with E-state index in [-0.39, 0.29) is 13.1 Å². The molecule has 5 nitrogen and oxygen atoms in total. The molecule has 0 fully saturated rings. The number of Topliss-reactive ketones (excluding diaryl/α,β-unsaturated/α-hetero) is 1. The van der Waals surface area contributed by atoms with Gasteiger partial charge in [0.2, 0.25) is 5.91 Å². The normalized spacial score (nSPS) is 13.2. The Morgan fingerprint density at radius 2 is 2.05 bits per heavy atom. The molecule has 1 heterocycles. The van der Waals surface area contributed by atoms with Crippen LogP contribution in [0.4, 0.5) is 5.69 Å². The van der Waals surface area contributed by atoms with E-state index in [1.165, 1.54) is 4.90 Å². The highest BCUT2D eigenvalue weighted by Crippen LogP contribution is 2.33. The van der Waals surface area contributed by atoms with Crippen molar-refractivity contribution in [1.29, 1.82) is 0 Å². The maximum Gasteiger partial charge on any atom is 0.299 e. The van der Waals surface area contributed by atoms with Gasteiger partial charge in [0.1, 0.15) is 6.54 Å². The quantitative estimate of drug-likeness (QED) is 0.645. The summed E-state index contributed by atoms with van der Waals surface area (Å²) in [6, 6.07) is 3.42. The first kappa shape index (κ1) is 13.8. The Morgan fingerprint density at radius 1 is 1.35 bits per heavy atom. The number of nitrogens with zero attached hydrogens (tertiary/aromatic N) is 1. The van der Waals surface area contributed by atoms with Gasteiger partial charge in [0, 0.05) is 0 Å². The molecule has 2 rings (SSSR count). The van der Waals surface area contributed by atoms with Crippen molar-refractivity contribution in [2.24, 2.45) is 0 Å². The van der Waals surface area contributed by atoms with Gasteiger partial charge < -0.3 is 5.32 Å². The summed E-state index contributed by atoms with van der Waals surface area (Å²) in [5.41, 5.74) is 2.66. The molecule has 1 N–H and O–H groups in total. The Labute approximate surface area is 117 Å². The molecular weight excluding hydrogens is 256 g/mol. The first-order valence-electron chi connectivity index (χ1n) is 6.14. The van der Waals surface area contributed by atoms with Gasteiger partial charge in [0.25, 0.3) is 11.7 Å². The molecule has 0 atom stereocenters. The Balaban J connectivity index is 2.35. The first-order chi connectivity index (χ1) is 9.47. The lowest BCUT2D eigenvalue weighted by Crippen LogP contribution is -2.40. The maximum atomic E-state index is 12.0. The van der Waals surface area contributed by atoms with Crippen LogP contribution in [-0.2, 0) is 9.59 Å². The number of carbonyl (C=O) groups excluding carboxylic acids is 3. The fourth-order valence-electron chi connectivity index (χ4n) is 2.17. The number of carbonyl (C=O) groups is 3. The van der Waals surface area contributed by atoms with Gasteiger partial charge in [0.05, 0.1) is 17.8 Å². The Hall–Kier alpha value is -2.61. The molecule has 20 heavy (non-hydrogen) atoms. The van der Waals surface area contributed by atoms with E-state index in [0.717, 1.165) is 11.1 Å². The lowest BCUT2D eigenvalue weighted by molar-refractivity contribution is -0.121. The number of hydrogen-bond donors (Lipinski definition) is 1. The van der Waals surface area contributed by atoms with Gasteiger partial charge in [-0.15, -0.1) is 6.42 Å². The predicted molar refractivity (Wildman–Crippen MR) is 74.4 cm³/mol. The van der Waals surface area contributed by atoms with Gasteiger partial charge in [-0.3, -0.25) is 19.3 Å². The summed E-state index contributed by atoms with van der Waals surface area (Å²) in [5, 5.41) is 2.48. The van der Waals surface area contributed by atoms with Crippen molar-refractivity contribution in [1.82, 2.24) is 5.32 Å². The van der Waals surface area contributed by atoms with E-state index in [1.54, 1.807) is 12.1 Å². The number of ketones is 1.